The molecule has 1 aromatic rings. The maximum atomic E-state index is 4.58. The normalized spacial score (nSPS) is 24.3. The molecule has 0 radical (unpaired) electrons. The Morgan fingerprint density at radius 2 is 2.00 bits per heavy atom. The fraction of sp³-hybridized carbons (Fsp3) is 0.714. The van der Waals surface area contributed by atoms with E-state index in [1.165, 1.54) is 37.7 Å². The monoisotopic (exact) mass is 246 g/mol. The lowest BCUT2D eigenvalue weighted by Gasteiger charge is -2.27. The average molecular weight is 246 g/mol. The van der Waals surface area contributed by atoms with Crippen molar-refractivity contribution in [1.29, 1.82) is 0 Å². The van der Waals surface area contributed by atoms with Crippen LogP contribution in [0.5, 0.6) is 0 Å². The number of nitrogens with zero attached hydrogens (tertiary/aromatic N) is 3. The van der Waals surface area contributed by atoms with Gasteiger partial charge < -0.3 is 10.2 Å². The number of hydrogen-bond acceptors (Lipinski definition) is 4. The third kappa shape index (κ3) is 2.21. The molecule has 1 unspecified atom stereocenters. The third-order valence-corrected chi connectivity index (χ3v) is 4.31. The molecule has 4 nitrogen and oxygen atoms in total. The SMILES string of the molecule is CNCC1CCCN1c1ncc(C2CCC2)cn1. The number of nitrogens with one attached hydrogen (secondary N) is 1. The van der Waals surface area contributed by atoms with Crippen molar-refractivity contribution in [3.05, 3.63) is 18.0 Å². The van der Waals surface area contributed by atoms with Gasteiger partial charge in [-0.3, -0.25) is 0 Å². The van der Waals surface area contributed by atoms with Crippen LogP contribution in [0, 0.1) is 0 Å². The van der Waals surface area contributed by atoms with E-state index in [1.54, 1.807) is 0 Å². The summed E-state index contributed by atoms with van der Waals surface area (Å²) in [6.45, 7) is 2.11. The van der Waals surface area contributed by atoms with Gasteiger partial charge in [0.2, 0.25) is 5.95 Å². The van der Waals surface area contributed by atoms with Crippen molar-refractivity contribution < 1.29 is 0 Å². The Morgan fingerprint density at radius 1 is 1.22 bits per heavy atom. The molecule has 2 heterocycles. The summed E-state index contributed by atoms with van der Waals surface area (Å²) in [6, 6.07) is 0.560. The maximum absolute atomic E-state index is 4.58. The van der Waals surface area contributed by atoms with E-state index in [9.17, 15) is 0 Å². The second-order valence-electron chi connectivity index (χ2n) is 5.49. The van der Waals surface area contributed by atoms with E-state index in [2.05, 4.69) is 20.2 Å². The van der Waals surface area contributed by atoms with Crippen LogP contribution in [0.1, 0.15) is 43.6 Å². The van der Waals surface area contributed by atoms with Crippen molar-refractivity contribution in [2.45, 2.75) is 44.1 Å². The Hall–Kier alpha value is -1.16. The van der Waals surface area contributed by atoms with Crippen LogP contribution in [-0.2, 0) is 0 Å². The number of anilines is 1. The van der Waals surface area contributed by atoms with Crippen LogP contribution in [0.25, 0.3) is 0 Å². The zero-order valence-electron chi connectivity index (χ0n) is 11.1. The summed E-state index contributed by atoms with van der Waals surface area (Å²) >= 11 is 0. The first-order chi connectivity index (χ1) is 8.88. The van der Waals surface area contributed by atoms with E-state index >= 15 is 0 Å². The smallest absolute Gasteiger partial charge is 0.225 e. The molecule has 0 aromatic carbocycles. The molecule has 0 spiro atoms. The molecule has 1 aromatic heterocycles. The molecule has 1 N–H and O–H groups in total. The van der Waals surface area contributed by atoms with E-state index in [0.29, 0.717) is 6.04 Å². The minimum atomic E-state index is 0.560. The highest BCUT2D eigenvalue weighted by Gasteiger charge is 2.26. The minimum absolute atomic E-state index is 0.560. The van der Waals surface area contributed by atoms with Gasteiger partial charge in [0.25, 0.3) is 0 Å². The lowest BCUT2D eigenvalue weighted by atomic mass is 9.81. The van der Waals surface area contributed by atoms with Gasteiger partial charge in [0.1, 0.15) is 0 Å². The van der Waals surface area contributed by atoms with Crippen LogP contribution >= 0.6 is 0 Å². The number of rotatable bonds is 4. The third-order valence-electron chi connectivity index (χ3n) is 4.31. The largest absolute Gasteiger partial charge is 0.337 e. The predicted molar refractivity (Wildman–Crippen MR) is 72.9 cm³/mol. The van der Waals surface area contributed by atoms with Crippen molar-refractivity contribution in [2.75, 3.05) is 25.0 Å². The second kappa shape index (κ2) is 5.22. The van der Waals surface area contributed by atoms with Crippen LogP contribution < -0.4 is 10.2 Å². The second-order valence-corrected chi connectivity index (χ2v) is 5.49. The van der Waals surface area contributed by atoms with Crippen molar-refractivity contribution in [3.8, 4) is 0 Å². The highest BCUT2D eigenvalue weighted by atomic mass is 15.3. The summed E-state index contributed by atoms with van der Waals surface area (Å²) in [5.41, 5.74) is 1.33. The highest BCUT2D eigenvalue weighted by molar-refractivity contribution is 5.34. The van der Waals surface area contributed by atoms with Crippen molar-refractivity contribution in [2.24, 2.45) is 0 Å². The van der Waals surface area contributed by atoms with E-state index in [0.717, 1.165) is 25.0 Å². The lowest BCUT2D eigenvalue weighted by Crippen LogP contribution is -2.37. The van der Waals surface area contributed by atoms with E-state index in [1.807, 2.05) is 19.4 Å². The van der Waals surface area contributed by atoms with Gasteiger partial charge in [0.05, 0.1) is 0 Å². The van der Waals surface area contributed by atoms with Crippen molar-refractivity contribution in [3.63, 3.8) is 0 Å². The quantitative estimate of drug-likeness (QED) is 0.881. The Balaban J connectivity index is 1.71. The van der Waals surface area contributed by atoms with E-state index in [4.69, 9.17) is 0 Å². The zero-order valence-corrected chi connectivity index (χ0v) is 11.1. The molecule has 3 rings (SSSR count). The topological polar surface area (TPSA) is 41.0 Å². The van der Waals surface area contributed by atoms with Gasteiger partial charge in [0.15, 0.2) is 0 Å². The summed E-state index contributed by atoms with van der Waals surface area (Å²) < 4.78 is 0. The minimum Gasteiger partial charge on any atom is -0.337 e. The molecule has 1 saturated heterocycles. The fourth-order valence-electron chi connectivity index (χ4n) is 2.98. The Labute approximate surface area is 109 Å². The first kappa shape index (κ1) is 11.9. The number of hydrogen-bond donors (Lipinski definition) is 1. The first-order valence-corrected chi connectivity index (χ1v) is 7.11. The van der Waals surface area contributed by atoms with Gasteiger partial charge in [-0.05, 0) is 44.2 Å². The Bertz CT molecular complexity index is 385. The van der Waals surface area contributed by atoms with Gasteiger partial charge in [-0.15, -0.1) is 0 Å². The summed E-state index contributed by atoms with van der Waals surface area (Å²) in [7, 11) is 2.01. The van der Waals surface area contributed by atoms with Crippen LogP contribution in [-0.4, -0.2) is 36.1 Å². The van der Waals surface area contributed by atoms with Crippen molar-refractivity contribution >= 4 is 5.95 Å². The molecule has 0 bridgehead atoms. The van der Waals surface area contributed by atoms with Crippen LogP contribution in [0.4, 0.5) is 5.95 Å². The summed E-state index contributed by atoms with van der Waals surface area (Å²) in [6.07, 6.45) is 10.6. The fourth-order valence-corrected chi connectivity index (χ4v) is 2.98. The predicted octanol–water partition coefficient (Wildman–Crippen LogP) is 1.93. The standard InChI is InChI=1S/C14H22N4/c1-15-10-13-6-3-7-18(13)14-16-8-12(9-17-14)11-4-2-5-11/h8-9,11,13,15H,2-7,10H2,1H3. The zero-order chi connectivity index (χ0) is 12.4. The highest BCUT2D eigenvalue weighted by Crippen LogP contribution is 2.36. The molecular weight excluding hydrogens is 224 g/mol. The maximum Gasteiger partial charge on any atom is 0.225 e. The average Bonchev–Trinajstić information content (AvgIpc) is 2.77. The van der Waals surface area contributed by atoms with Gasteiger partial charge in [-0.2, -0.15) is 0 Å². The summed E-state index contributed by atoms with van der Waals surface area (Å²) in [5.74, 6) is 1.64. The van der Waals surface area contributed by atoms with Crippen LogP contribution in [0.3, 0.4) is 0 Å². The van der Waals surface area contributed by atoms with Crippen molar-refractivity contribution in [1.82, 2.24) is 15.3 Å². The molecule has 1 atom stereocenters. The molecule has 2 fully saturated rings. The molecule has 0 amide bonds. The van der Waals surface area contributed by atoms with Gasteiger partial charge >= 0.3 is 0 Å². The lowest BCUT2D eigenvalue weighted by molar-refractivity contribution is 0.417. The number of likely N-dealkylation sites (N-methyl/N-ethyl adjacent to an activating group) is 1. The van der Waals surface area contributed by atoms with E-state index < -0.39 is 0 Å². The van der Waals surface area contributed by atoms with Gasteiger partial charge in [0, 0.05) is 31.5 Å². The summed E-state index contributed by atoms with van der Waals surface area (Å²) in [4.78, 5) is 11.5. The Kier molecular flexibility index (Phi) is 3.46. The number of aromatic nitrogens is 2. The van der Waals surface area contributed by atoms with E-state index in [-0.39, 0.29) is 0 Å². The molecule has 18 heavy (non-hydrogen) atoms. The van der Waals surface area contributed by atoms with Gasteiger partial charge in [-0.1, -0.05) is 6.42 Å². The molecule has 2 aliphatic rings. The molecule has 1 aliphatic heterocycles. The van der Waals surface area contributed by atoms with Crippen LogP contribution in [0.15, 0.2) is 12.4 Å². The molecule has 1 aliphatic carbocycles. The Morgan fingerprint density at radius 3 is 2.61 bits per heavy atom. The van der Waals surface area contributed by atoms with Crippen LogP contribution in [0.2, 0.25) is 0 Å². The van der Waals surface area contributed by atoms with Gasteiger partial charge in [-0.25, -0.2) is 9.97 Å². The molecule has 98 valence electrons. The molecule has 4 heteroatoms. The molecular formula is C14H22N4. The first-order valence-electron chi connectivity index (χ1n) is 7.11. The molecule has 1 saturated carbocycles. The summed E-state index contributed by atoms with van der Waals surface area (Å²) in [5, 5.41) is 3.26.